The minimum Gasteiger partial charge on any atom is -0.320 e. The molecule has 0 amide bonds. The van der Waals surface area contributed by atoms with Gasteiger partial charge in [-0.15, -0.1) is 5.10 Å². The van der Waals surface area contributed by atoms with Crippen molar-refractivity contribution in [1.29, 1.82) is 0 Å². The van der Waals surface area contributed by atoms with Gasteiger partial charge in [-0.25, -0.2) is 4.98 Å². The van der Waals surface area contributed by atoms with Gasteiger partial charge in [0.05, 0.1) is 11.9 Å². The maximum atomic E-state index is 4.63. The number of nitrogens with one attached hydrogen (secondary N) is 1. The fourth-order valence-corrected chi connectivity index (χ4v) is 2.30. The van der Waals surface area contributed by atoms with Gasteiger partial charge in [0.2, 0.25) is 0 Å². The highest BCUT2D eigenvalue weighted by atomic mass is 15.1. The molecule has 1 aliphatic carbocycles. The molecule has 0 spiro atoms. The van der Waals surface area contributed by atoms with Crippen molar-refractivity contribution < 1.29 is 0 Å². The van der Waals surface area contributed by atoms with E-state index in [2.05, 4.69) is 20.5 Å². The zero-order chi connectivity index (χ0) is 11.2. The molecular formula is C12H20N4. The first kappa shape index (κ1) is 11.5. The Kier molecular flexibility index (Phi) is 4.22. The molecule has 0 aliphatic heterocycles. The lowest BCUT2D eigenvalue weighted by molar-refractivity contribution is 0.645. The van der Waals surface area contributed by atoms with Gasteiger partial charge in [0, 0.05) is 12.3 Å². The average Bonchev–Trinajstić information content (AvgIpc) is 2.83. The largest absolute Gasteiger partial charge is 0.320 e. The van der Waals surface area contributed by atoms with Gasteiger partial charge in [0.25, 0.3) is 0 Å². The van der Waals surface area contributed by atoms with Crippen molar-refractivity contribution >= 4 is 0 Å². The van der Waals surface area contributed by atoms with E-state index in [0.717, 1.165) is 30.9 Å². The van der Waals surface area contributed by atoms with Gasteiger partial charge in [0.1, 0.15) is 0 Å². The zero-order valence-electron chi connectivity index (χ0n) is 9.95. The van der Waals surface area contributed by atoms with Crippen LogP contribution in [0.5, 0.6) is 0 Å². The Morgan fingerprint density at radius 3 is 2.94 bits per heavy atom. The molecule has 0 aromatic carbocycles. The SMILES string of the molecule is CNCCCc1nncc(C2CCCC2)n1. The molecule has 0 bridgehead atoms. The fourth-order valence-electron chi connectivity index (χ4n) is 2.30. The van der Waals surface area contributed by atoms with E-state index in [1.807, 2.05) is 13.2 Å². The van der Waals surface area contributed by atoms with Crippen LogP contribution < -0.4 is 5.32 Å². The fraction of sp³-hybridized carbons (Fsp3) is 0.750. The summed E-state index contributed by atoms with van der Waals surface area (Å²) in [7, 11) is 1.97. The summed E-state index contributed by atoms with van der Waals surface area (Å²) >= 11 is 0. The highest BCUT2D eigenvalue weighted by Crippen LogP contribution is 2.32. The normalized spacial score (nSPS) is 16.8. The summed E-state index contributed by atoms with van der Waals surface area (Å²) in [4.78, 5) is 4.63. The van der Waals surface area contributed by atoms with Crippen LogP contribution in [0, 0.1) is 0 Å². The van der Waals surface area contributed by atoms with Crippen LogP contribution >= 0.6 is 0 Å². The van der Waals surface area contributed by atoms with Crippen LogP contribution in [-0.2, 0) is 6.42 Å². The van der Waals surface area contributed by atoms with Gasteiger partial charge in [0.15, 0.2) is 5.82 Å². The van der Waals surface area contributed by atoms with E-state index in [9.17, 15) is 0 Å². The molecule has 1 heterocycles. The molecule has 4 nitrogen and oxygen atoms in total. The van der Waals surface area contributed by atoms with E-state index in [1.54, 1.807) is 0 Å². The third kappa shape index (κ3) is 2.98. The number of rotatable bonds is 5. The van der Waals surface area contributed by atoms with E-state index in [4.69, 9.17) is 0 Å². The van der Waals surface area contributed by atoms with Gasteiger partial charge in [-0.1, -0.05) is 12.8 Å². The predicted octanol–water partition coefficient (Wildman–Crippen LogP) is 1.68. The van der Waals surface area contributed by atoms with Gasteiger partial charge in [-0.2, -0.15) is 5.10 Å². The topological polar surface area (TPSA) is 50.7 Å². The lowest BCUT2D eigenvalue weighted by Crippen LogP contribution is -2.10. The van der Waals surface area contributed by atoms with E-state index in [1.165, 1.54) is 25.7 Å². The Labute approximate surface area is 96.9 Å². The minimum absolute atomic E-state index is 0.638. The summed E-state index contributed by atoms with van der Waals surface area (Å²) in [6.07, 6.45) is 9.06. The predicted molar refractivity (Wildman–Crippen MR) is 63.3 cm³/mol. The molecule has 0 radical (unpaired) electrons. The van der Waals surface area contributed by atoms with Crippen molar-refractivity contribution in [1.82, 2.24) is 20.5 Å². The molecule has 1 fully saturated rings. The van der Waals surface area contributed by atoms with Gasteiger partial charge < -0.3 is 5.32 Å². The second kappa shape index (κ2) is 5.89. The third-order valence-electron chi connectivity index (χ3n) is 3.22. The number of aryl methyl sites for hydroxylation is 1. The Balaban J connectivity index is 1.95. The van der Waals surface area contributed by atoms with Crippen molar-refractivity contribution in [3.8, 4) is 0 Å². The molecule has 1 aromatic heterocycles. The maximum absolute atomic E-state index is 4.63. The standard InChI is InChI=1S/C12H20N4/c1-13-8-4-7-12-15-11(9-14-16-12)10-5-2-3-6-10/h9-10,13H,2-8H2,1H3. The molecule has 1 aromatic rings. The number of hydrogen-bond acceptors (Lipinski definition) is 4. The highest BCUT2D eigenvalue weighted by molar-refractivity contribution is 5.06. The second-order valence-electron chi connectivity index (χ2n) is 4.49. The number of hydrogen-bond donors (Lipinski definition) is 1. The van der Waals surface area contributed by atoms with Crippen LogP contribution in [0.2, 0.25) is 0 Å². The molecule has 0 unspecified atom stereocenters. The van der Waals surface area contributed by atoms with E-state index in [-0.39, 0.29) is 0 Å². The summed E-state index contributed by atoms with van der Waals surface area (Å²) in [6, 6.07) is 0. The summed E-state index contributed by atoms with van der Waals surface area (Å²) in [5.41, 5.74) is 1.16. The van der Waals surface area contributed by atoms with Gasteiger partial charge in [-0.3, -0.25) is 0 Å². The molecule has 88 valence electrons. The minimum atomic E-state index is 0.638. The first-order valence-electron chi connectivity index (χ1n) is 6.23. The molecule has 0 saturated heterocycles. The smallest absolute Gasteiger partial charge is 0.151 e. The lowest BCUT2D eigenvalue weighted by atomic mass is 10.1. The van der Waals surface area contributed by atoms with Crippen LogP contribution in [0.3, 0.4) is 0 Å². The van der Waals surface area contributed by atoms with Crippen molar-refractivity contribution in [2.45, 2.75) is 44.4 Å². The Morgan fingerprint density at radius 2 is 2.19 bits per heavy atom. The maximum Gasteiger partial charge on any atom is 0.151 e. The number of nitrogens with zero attached hydrogens (tertiary/aromatic N) is 3. The summed E-state index contributed by atoms with van der Waals surface area (Å²) < 4.78 is 0. The summed E-state index contributed by atoms with van der Waals surface area (Å²) in [6.45, 7) is 1.01. The van der Waals surface area contributed by atoms with Crippen molar-refractivity contribution in [2.75, 3.05) is 13.6 Å². The van der Waals surface area contributed by atoms with Crippen molar-refractivity contribution in [3.05, 3.63) is 17.7 Å². The summed E-state index contributed by atoms with van der Waals surface area (Å²) in [5.74, 6) is 1.54. The summed E-state index contributed by atoms with van der Waals surface area (Å²) in [5, 5.41) is 11.3. The molecule has 1 aliphatic rings. The quantitative estimate of drug-likeness (QED) is 0.767. The van der Waals surface area contributed by atoms with Crippen LogP contribution in [0.15, 0.2) is 6.20 Å². The van der Waals surface area contributed by atoms with Crippen LogP contribution in [0.25, 0.3) is 0 Å². The Bertz CT molecular complexity index is 321. The molecule has 0 atom stereocenters. The van der Waals surface area contributed by atoms with E-state index < -0.39 is 0 Å². The molecule has 1 N–H and O–H groups in total. The van der Waals surface area contributed by atoms with Crippen LogP contribution in [-0.4, -0.2) is 28.8 Å². The van der Waals surface area contributed by atoms with Gasteiger partial charge in [-0.05, 0) is 32.9 Å². The van der Waals surface area contributed by atoms with Crippen LogP contribution in [0.4, 0.5) is 0 Å². The first-order valence-corrected chi connectivity index (χ1v) is 6.23. The third-order valence-corrected chi connectivity index (χ3v) is 3.22. The monoisotopic (exact) mass is 220 g/mol. The molecular weight excluding hydrogens is 200 g/mol. The first-order chi connectivity index (χ1) is 7.90. The van der Waals surface area contributed by atoms with E-state index in [0.29, 0.717) is 5.92 Å². The second-order valence-corrected chi connectivity index (χ2v) is 4.49. The van der Waals surface area contributed by atoms with Crippen molar-refractivity contribution in [3.63, 3.8) is 0 Å². The molecule has 1 saturated carbocycles. The molecule has 4 heteroatoms. The average molecular weight is 220 g/mol. The van der Waals surface area contributed by atoms with Gasteiger partial charge >= 0.3 is 0 Å². The highest BCUT2D eigenvalue weighted by Gasteiger charge is 2.19. The molecule has 16 heavy (non-hydrogen) atoms. The van der Waals surface area contributed by atoms with E-state index >= 15 is 0 Å². The van der Waals surface area contributed by atoms with Crippen molar-refractivity contribution in [2.24, 2.45) is 0 Å². The lowest BCUT2D eigenvalue weighted by Gasteiger charge is -2.08. The molecule has 2 rings (SSSR count). The Hall–Kier alpha value is -1.03. The number of aromatic nitrogens is 3. The zero-order valence-corrected chi connectivity index (χ0v) is 9.95. The van der Waals surface area contributed by atoms with Crippen LogP contribution in [0.1, 0.15) is 49.5 Å². The Morgan fingerprint density at radius 1 is 1.38 bits per heavy atom.